The number of rotatable bonds is 8. The maximum Gasteiger partial charge on any atom is 0.264 e. The molecule has 70 heavy (non-hydrogen) atoms. The Morgan fingerprint density at radius 3 is 1.51 bits per heavy atom. The van der Waals surface area contributed by atoms with Gasteiger partial charge in [-0.05, 0) is 144 Å². The van der Waals surface area contributed by atoms with Crippen molar-refractivity contribution >= 4 is 56.3 Å². The maximum absolute atomic E-state index is 13.6. The lowest BCUT2D eigenvalue weighted by Crippen LogP contribution is -2.41. The van der Waals surface area contributed by atoms with Crippen LogP contribution in [0.15, 0.2) is 139 Å². The van der Waals surface area contributed by atoms with Crippen LogP contribution in [0.3, 0.4) is 0 Å². The Bertz CT molecular complexity index is 3060. The van der Waals surface area contributed by atoms with Crippen LogP contribution in [-0.4, -0.2) is 95.7 Å². The lowest BCUT2D eigenvalue weighted by Gasteiger charge is -2.33. The van der Waals surface area contributed by atoms with Crippen molar-refractivity contribution in [3.8, 4) is 0 Å². The molecule has 2 amide bonds. The number of benzene rings is 3. The Morgan fingerprint density at radius 2 is 1.04 bits per heavy atom. The molecule has 3 aromatic heterocycles. The van der Waals surface area contributed by atoms with Crippen LogP contribution < -0.4 is 0 Å². The van der Waals surface area contributed by atoms with E-state index in [4.69, 9.17) is 37.4 Å². The van der Waals surface area contributed by atoms with E-state index >= 15 is 0 Å². The Hall–Kier alpha value is -6.02. The van der Waals surface area contributed by atoms with E-state index in [0.717, 1.165) is 82.9 Å². The first-order chi connectivity index (χ1) is 34.0. The van der Waals surface area contributed by atoms with E-state index in [1.165, 1.54) is 44.5 Å². The first-order valence-corrected chi connectivity index (χ1v) is 26.4. The Balaban J connectivity index is 0.000000175. The van der Waals surface area contributed by atoms with Gasteiger partial charge in [-0.2, -0.15) is 8.42 Å². The van der Waals surface area contributed by atoms with Crippen LogP contribution in [0.25, 0.3) is 11.1 Å². The molecule has 0 spiro atoms. The number of aromatic nitrogens is 3. The highest BCUT2D eigenvalue weighted by atomic mass is 35.5. The van der Waals surface area contributed by atoms with Gasteiger partial charge < -0.3 is 14.9 Å². The molecule has 2 unspecified atom stereocenters. The van der Waals surface area contributed by atoms with Gasteiger partial charge in [0.15, 0.2) is 0 Å². The number of pyridine rings is 3. The normalized spacial score (nSPS) is 16.6. The second-order valence-corrected chi connectivity index (χ2v) is 20.7. The highest BCUT2D eigenvalue weighted by Crippen LogP contribution is 2.41. The van der Waals surface area contributed by atoms with Crippen molar-refractivity contribution in [3.05, 3.63) is 205 Å². The summed E-state index contributed by atoms with van der Waals surface area (Å²) >= 11 is 12.7. The molecule has 2 fully saturated rings. The predicted octanol–water partition coefficient (Wildman–Crippen LogP) is 9.45. The van der Waals surface area contributed by atoms with Gasteiger partial charge in [-0.25, -0.2) is 0 Å². The highest BCUT2D eigenvalue weighted by Gasteiger charge is 2.33. The van der Waals surface area contributed by atoms with Gasteiger partial charge in [0.1, 0.15) is 0 Å². The lowest BCUT2D eigenvalue weighted by molar-refractivity contribution is -0.134. The van der Waals surface area contributed by atoms with E-state index in [1.54, 1.807) is 29.4 Å². The minimum Gasteiger partial charge on any atom is -0.395 e. The van der Waals surface area contributed by atoms with Gasteiger partial charge in [0, 0.05) is 72.2 Å². The lowest BCUT2D eigenvalue weighted by atomic mass is 9.88. The van der Waals surface area contributed by atoms with E-state index in [9.17, 15) is 23.1 Å². The van der Waals surface area contributed by atoms with Gasteiger partial charge in [0.25, 0.3) is 10.1 Å². The van der Waals surface area contributed by atoms with Crippen molar-refractivity contribution in [1.29, 1.82) is 0 Å². The van der Waals surface area contributed by atoms with Crippen LogP contribution in [-0.2, 0) is 49.6 Å². The molecule has 14 heteroatoms. The van der Waals surface area contributed by atoms with E-state index in [-0.39, 0.29) is 25.0 Å². The molecule has 0 bridgehead atoms. The van der Waals surface area contributed by atoms with Crippen LogP contribution in [0.2, 0.25) is 10.0 Å². The quantitative estimate of drug-likeness (QED) is 0.148. The summed E-state index contributed by atoms with van der Waals surface area (Å²) in [6.07, 6.45) is 14.5. The van der Waals surface area contributed by atoms with E-state index < -0.39 is 22.0 Å². The molecular weight excluding hydrogens is 942 g/mol. The predicted molar refractivity (Wildman–Crippen MR) is 274 cm³/mol. The second kappa shape index (κ2) is 22.0. The number of carbonyl (C=O) groups is 2. The molecule has 1 N–H and O–H groups in total. The number of hydrogen-bond donors (Lipinski definition) is 1. The molecule has 2 saturated heterocycles. The number of nitrogens with zero attached hydrogens (tertiary/aromatic N) is 5. The number of fused-ring (bicyclic) bond motifs is 4. The molecule has 3 aromatic carbocycles. The van der Waals surface area contributed by atoms with Gasteiger partial charge in [0.05, 0.1) is 42.7 Å². The summed E-state index contributed by atoms with van der Waals surface area (Å²) in [4.78, 5) is 44.1. The van der Waals surface area contributed by atoms with Crippen molar-refractivity contribution in [3.63, 3.8) is 0 Å². The van der Waals surface area contributed by atoms with Crippen LogP contribution in [0, 0.1) is 0 Å². The van der Waals surface area contributed by atoms with Crippen molar-refractivity contribution in [2.45, 2.75) is 63.2 Å². The molecule has 5 heterocycles. The summed E-state index contributed by atoms with van der Waals surface area (Å²) < 4.78 is 28.4. The fourth-order valence-electron chi connectivity index (χ4n) is 10.3. The number of likely N-dealkylation sites (tertiary alicyclic amines) is 2. The number of aliphatic hydroxyl groups is 1. The summed E-state index contributed by atoms with van der Waals surface area (Å²) in [6.45, 7) is 1.93. The second-order valence-electron chi connectivity index (χ2n) is 18.2. The third kappa shape index (κ3) is 11.1. The zero-order chi connectivity index (χ0) is 48.8. The minimum absolute atomic E-state index is 0.000626. The van der Waals surface area contributed by atoms with Gasteiger partial charge in [0.2, 0.25) is 11.8 Å². The highest BCUT2D eigenvalue weighted by molar-refractivity contribution is 7.86. The first-order valence-electron chi connectivity index (χ1n) is 23.8. The molecule has 6 aromatic rings. The number of hydrogen-bond acceptors (Lipinski definition) is 9. The molecule has 360 valence electrons. The number of amides is 2. The molecule has 2 atom stereocenters. The minimum atomic E-state index is -3.69. The zero-order valence-corrected chi connectivity index (χ0v) is 41.4. The third-order valence-corrected chi connectivity index (χ3v) is 14.9. The van der Waals surface area contributed by atoms with Gasteiger partial charge in [-0.3, -0.25) is 28.7 Å². The number of halogens is 2. The number of carbonyl (C=O) groups excluding carboxylic acids is 2. The van der Waals surface area contributed by atoms with Crippen LogP contribution in [0.5, 0.6) is 0 Å². The van der Waals surface area contributed by atoms with E-state index in [1.807, 2.05) is 78.0 Å². The van der Waals surface area contributed by atoms with Gasteiger partial charge in [-0.15, -0.1) is 0 Å². The molecule has 4 aliphatic rings. The monoisotopic (exact) mass is 995 g/mol. The molecule has 0 saturated carbocycles. The van der Waals surface area contributed by atoms with Gasteiger partial charge >= 0.3 is 0 Å². The summed E-state index contributed by atoms with van der Waals surface area (Å²) in [6, 6.07) is 33.5. The number of aryl methyl sites for hydroxylation is 4. The molecule has 2 aliphatic carbocycles. The SMILES string of the molecule is CS(=O)(=O)OCC(C(=O)N1CCC(=C2c3ccc(Cl)cc3CCc3cccnc32)CC1)c1ccncc1.O=C(C(CO)c1ccccc1)N1CCC(=C2c3ccc(Cl)cc3CCc3cccnc32)CC1. The number of aliphatic hydroxyl groups excluding tert-OH is 1. The number of piperidine rings is 2. The van der Waals surface area contributed by atoms with Crippen LogP contribution in [0.4, 0.5) is 0 Å². The Morgan fingerprint density at radius 1 is 0.586 bits per heavy atom. The molecule has 0 radical (unpaired) electrons. The molecule has 2 aliphatic heterocycles. The summed E-state index contributed by atoms with van der Waals surface area (Å²) in [5, 5.41) is 11.4. The van der Waals surface area contributed by atoms with Crippen molar-refractivity contribution < 1.29 is 27.3 Å². The zero-order valence-electron chi connectivity index (χ0n) is 39.1. The van der Waals surface area contributed by atoms with Crippen molar-refractivity contribution in [2.75, 3.05) is 45.6 Å². The Labute approximate surface area is 420 Å². The summed E-state index contributed by atoms with van der Waals surface area (Å²) in [7, 11) is -3.69. The topological polar surface area (TPSA) is 143 Å². The van der Waals surface area contributed by atoms with E-state index in [0.29, 0.717) is 44.6 Å². The fraction of sp³-hybridized carbons (Fsp3) is 0.304. The van der Waals surface area contributed by atoms with Crippen LogP contribution in [0.1, 0.15) is 93.4 Å². The smallest absolute Gasteiger partial charge is 0.264 e. The van der Waals surface area contributed by atoms with Crippen molar-refractivity contribution in [1.82, 2.24) is 24.8 Å². The van der Waals surface area contributed by atoms with Crippen LogP contribution >= 0.6 is 23.2 Å². The summed E-state index contributed by atoms with van der Waals surface area (Å²) in [5.41, 5.74) is 15.9. The molecule has 10 rings (SSSR count). The molecular formula is C56H55Cl2N5O6S. The maximum atomic E-state index is 13.6. The summed E-state index contributed by atoms with van der Waals surface area (Å²) in [5.74, 6) is -1.39. The van der Waals surface area contributed by atoms with Gasteiger partial charge in [-0.1, -0.05) is 88.9 Å². The average molecular weight is 997 g/mol. The van der Waals surface area contributed by atoms with Crippen molar-refractivity contribution in [2.24, 2.45) is 0 Å². The largest absolute Gasteiger partial charge is 0.395 e. The Kier molecular flexibility index (Phi) is 15.4. The fourth-order valence-corrected chi connectivity index (χ4v) is 11.1. The average Bonchev–Trinajstić information content (AvgIpc) is 3.65. The van der Waals surface area contributed by atoms with E-state index in [2.05, 4.69) is 35.3 Å². The first kappa shape index (κ1) is 49.0. The third-order valence-electron chi connectivity index (χ3n) is 13.9. The molecule has 11 nitrogen and oxygen atoms in total. The standard InChI is InChI=1S/C28H28ClN3O4S.C28H27ClN2O2/c1-37(34,35)36-18-25(19-8-13-30-14-9-19)28(33)32-15-10-20(11-16-32)26-24-7-6-23(29)17-22(24)5-4-21-3-2-12-31-27(21)26;29-23-10-11-24-22(17-23)9-8-21-7-4-14-30-27(21)26(24)20-12-15-31(16-13-20)28(33)25(18-32)19-5-2-1-3-6-19/h2-3,6-9,12-14,17,25H,4-5,10-11,15-16,18H2,1H3;1-7,10-11,14,17,25,32H,8-9,12-13,15-16,18H2.